The summed E-state index contributed by atoms with van der Waals surface area (Å²) in [5, 5.41) is 8.28. The summed E-state index contributed by atoms with van der Waals surface area (Å²) >= 11 is 0. The Morgan fingerprint density at radius 2 is 2.00 bits per heavy atom. The summed E-state index contributed by atoms with van der Waals surface area (Å²) in [6.45, 7) is 10.2. The summed E-state index contributed by atoms with van der Waals surface area (Å²) in [6.07, 6.45) is 7.59. The molecule has 1 aliphatic rings. The Balaban J connectivity index is 2.04. The average molecular weight is 291 g/mol. The van der Waals surface area contributed by atoms with Crippen LogP contribution in [0.15, 0.2) is 6.07 Å². The first-order valence-corrected chi connectivity index (χ1v) is 8.72. The molecule has 120 valence electrons. The predicted molar refractivity (Wildman–Crippen MR) is 89.6 cm³/mol. The Morgan fingerprint density at radius 1 is 1.33 bits per heavy atom. The van der Waals surface area contributed by atoms with Crippen LogP contribution in [0.1, 0.15) is 64.8 Å². The maximum atomic E-state index is 4.69. The van der Waals surface area contributed by atoms with E-state index in [1.807, 2.05) is 0 Å². The minimum absolute atomic E-state index is 0.551. The standard InChI is InChI=1S/C18H33N3/c1-6-15-12-16(21(7-2)20-15)13-17(19-5)14-8-10-18(3,4)11-9-14/h12,14,17,19H,6-11,13H2,1-5H3. The van der Waals surface area contributed by atoms with Crippen LogP contribution in [0.2, 0.25) is 0 Å². The molecule has 0 spiro atoms. The molecular weight excluding hydrogens is 258 g/mol. The quantitative estimate of drug-likeness (QED) is 0.863. The van der Waals surface area contributed by atoms with Crippen LogP contribution in [0.5, 0.6) is 0 Å². The zero-order chi connectivity index (χ0) is 15.5. The van der Waals surface area contributed by atoms with Crippen molar-refractivity contribution in [3.63, 3.8) is 0 Å². The largest absolute Gasteiger partial charge is 0.316 e. The molecule has 21 heavy (non-hydrogen) atoms. The molecule has 1 atom stereocenters. The van der Waals surface area contributed by atoms with E-state index in [0.29, 0.717) is 11.5 Å². The highest BCUT2D eigenvalue weighted by Crippen LogP contribution is 2.39. The predicted octanol–water partition coefficient (Wildman–Crippen LogP) is 3.81. The van der Waals surface area contributed by atoms with Gasteiger partial charge < -0.3 is 5.32 Å². The topological polar surface area (TPSA) is 29.9 Å². The number of likely N-dealkylation sites (N-methyl/N-ethyl adjacent to an activating group) is 1. The smallest absolute Gasteiger partial charge is 0.0624 e. The van der Waals surface area contributed by atoms with Crippen molar-refractivity contribution >= 4 is 0 Å². The van der Waals surface area contributed by atoms with Gasteiger partial charge in [0.05, 0.1) is 5.69 Å². The van der Waals surface area contributed by atoms with Gasteiger partial charge in [-0.3, -0.25) is 4.68 Å². The molecule has 3 heteroatoms. The van der Waals surface area contributed by atoms with Crippen molar-refractivity contribution in [1.29, 1.82) is 0 Å². The Kier molecular flexibility index (Phi) is 5.48. The lowest BCUT2D eigenvalue weighted by atomic mass is 9.70. The van der Waals surface area contributed by atoms with Crippen molar-refractivity contribution in [3.8, 4) is 0 Å². The molecule has 0 bridgehead atoms. The fraction of sp³-hybridized carbons (Fsp3) is 0.833. The summed E-state index contributed by atoms with van der Waals surface area (Å²) in [6, 6.07) is 2.90. The first-order valence-electron chi connectivity index (χ1n) is 8.72. The van der Waals surface area contributed by atoms with Gasteiger partial charge in [-0.05, 0) is 63.5 Å². The fourth-order valence-corrected chi connectivity index (χ4v) is 3.68. The number of aryl methyl sites for hydroxylation is 2. The van der Waals surface area contributed by atoms with E-state index in [1.54, 1.807) is 0 Å². The molecule has 0 saturated heterocycles. The Labute approximate surface area is 130 Å². The van der Waals surface area contributed by atoms with Crippen LogP contribution in [0.4, 0.5) is 0 Å². The average Bonchev–Trinajstić information content (AvgIpc) is 2.87. The number of nitrogens with one attached hydrogen (secondary N) is 1. The molecule has 1 saturated carbocycles. The summed E-state index contributed by atoms with van der Waals surface area (Å²) < 4.78 is 2.19. The number of hydrogen-bond donors (Lipinski definition) is 1. The zero-order valence-electron chi connectivity index (χ0n) is 14.6. The van der Waals surface area contributed by atoms with E-state index in [9.17, 15) is 0 Å². The number of aromatic nitrogens is 2. The fourth-order valence-electron chi connectivity index (χ4n) is 3.68. The second kappa shape index (κ2) is 6.95. The highest BCUT2D eigenvalue weighted by molar-refractivity contribution is 5.12. The van der Waals surface area contributed by atoms with E-state index >= 15 is 0 Å². The van der Waals surface area contributed by atoms with Gasteiger partial charge in [0.15, 0.2) is 0 Å². The second-order valence-electron chi connectivity index (χ2n) is 7.40. The lowest BCUT2D eigenvalue weighted by molar-refractivity contribution is 0.163. The minimum atomic E-state index is 0.551. The monoisotopic (exact) mass is 291 g/mol. The SMILES string of the molecule is CCc1cc(CC(NC)C2CCC(C)(C)CC2)n(CC)n1. The molecule has 1 fully saturated rings. The molecule has 2 rings (SSSR count). The van der Waals surface area contributed by atoms with Crippen molar-refractivity contribution in [3.05, 3.63) is 17.5 Å². The lowest BCUT2D eigenvalue weighted by Crippen LogP contribution is -2.39. The van der Waals surface area contributed by atoms with Crippen LogP contribution >= 0.6 is 0 Å². The second-order valence-corrected chi connectivity index (χ2v) is 7.40. The lowest BCUT2D eigenvalue weighted by Gasteiger charge is -2.38. The molecule has 1 aliphatic carbocycles. The van der Waals surface area contributed by atoms with E-state index in [2.05, 4.69) is 50.8 Å². The molecule has 0 amide bonds. The first kappa shape index (κ1) is 16.5. The van der Waals surface area contributed by atoms with Crippen LogP contribution in [0.25, 0.3) is 0 Å². The Bertz CT molecular complexity index is 437. The van der Waals surface area contributed by atoms with Gasteiger partial charge in [0.2, 0.25) is 0 Å². The van der Waals surface area contributed by atoms with Crippen molar-refractivity contribution in [2.75, 3.05) is 7.05 Å². The van der Waals surface area contributed by atoms with Crippen molar-refractivity contribution in [2.24, 2.45) is 11.3 Å². The van der Waals surface area contributed by atoms with Crippen LogP contribution in [-0.2, 0) is 19.4 Å². The third-order valence-electron chi connectivity index (χ3n) is 5.33. The van der Waals surface area contributed by atoms with E-state index in [1.165, 1.54) is 37.1 Å². The van der Waals surface area contributed by atoms with E-state index in [4.69, 9.17) is 5.10 Å². The van der Waals surface area contributed by atoms with Crippen LogP contribution in [-0.4, -0.2) is 22.9 Å². The molecule has 1 aromatic heterocycles. The van der Waals surface area contributed by atoms with Crippen LogP contribution in [0.3, 0.4) is 0 Å². The summed E-state index contributed by atoms with van der Waals surface area (Å²) in [4.78, 5) is 0. The summed E-state index contributed by atoms with van der Waals surface area (Å²) in [5.41, 5.74) is 3.18. The third kappa shape index (κ3) is 4.09. The van der Waals surface area contributed by atoms with Crippen molar-refractivity contribution in [2.45, 2.75) is 78.8 Å². The maximum Gasteiger partial charge on any atom is 0.0624 e. The molecule has 1 N–H and O–H groups in total. The van der Waals surface area contributed by atoms with Gasteiger partial charge in [-0.2, -0.15) is 5.10 Å². The molecule has 1 aromatic rings. The van der Waals surface area contributed by atoms with Crippen molar-refractivity contribution < 1.29 is 0 Å². The first-order chi connectivity index (χ1) is 9.99. The van der Waals surface area contributed by atoms with Crippen molar-refractivity contribution in [1.82, 2.24) is 15.1 Å². The van der Waals surface area contributed by atoms with Gasteiger partial charge in [-0.15, -0.1) is 0 Å². The van der Waals surface area contributed by atoms with Gasteiger partial charge in [-0.25, -0.2) is 0 Å². The van der Waals surface area contributed by atoms with Gasteiger partial charge in [0.25, 0.3) is 0 Å². The van der Waals surface area contributed by atoms with Gasteiger partial charge >= 0.3 is 0 Å². The van der Waals surface area contributed by atoms with E-state index < -0.39 is 0 Å². The molecule has 0 radical (unpaired) electrons. The molecule has 0 aliphatic heterocycles. The maximum absolute atomic E-state index is 4.69. The molecule has 3 nitrogen and oxygen atoms in total. The van der Waals surface area contributed by atoms with Gasteiger partial charge in [0, 0.05) is 24.7 Å². The van der Waals surface area contributed by atoms with E-state index in [-0.39, 0.29) is 0 Å². The Morgan fingerprint density at radius 3 is 2.52 bits per heavy atom. The van der Waals surface area contributed by atoms with E-state index in [0.717, 1.165) is 25.3 Å². The van der Waals surface area contributed by atoms with Gasteiger partial charge in [-0.1, -0.05) is 20.8 Å². The Hall–Kier alpha value is -0.830. The molecule has 1 heterocycles. The number of hydrogen-bond acceptors (Lipinski definition) is 2. The minimum Gasteiger partial charge on any atom is -0.316 e. The molecule has 0 aromatic carbocycles. The summed E-state index contributed by atoms with van der Waals surface area (Å²) in [7, 11) is 2.12. The van der Waals surface area contributed by atoms with Gasteiger partial charge in [0.1, 0.15) is 0 Å². The highest BCUT2D eigenvalue weighted by atomic mass is 15.3. The number of rotatable bonds is 6. The third-order valence-corrected chi connectivity index (χ3v) is 5.33. The molecular formula is C18H33N3. The number of nitrogens with zero attached hydrogens (tertiary/aromatic N) is 2. The van der Waals surface area contributed by atoms with Crippen LogP contribution in [0, 0.1) is 11.3 Å². The van der Waals surface area contributed by atoms with Crippen LogP contribution < -0.4 is 5.32 Å². The molecule has 1 unspecified atom stereocenters. The zero-order valence-corrected chi connectivity index (χ0v) is 14.6. The normalized spacial score (nSPS) is 20.6. The summed E-state index contributed by atoms with van der Waals surface area (Å²) in [5.74, 6) is 0.813. The highest BCUT2D eigenvalue weighted by Gasteiger charge is 2.31.